The molecule has 2 aromatic heterocycles. The van der Waals surface area contributed by atoms with Crippen LogP contribution in [0.25, 0.3) is 11.2 Å². The third kappa shape index (κ3) is 2.34. The average molecular weight is 281 g/mol. The van der Waals surface area contributed by atoms with E-state index in [0.29, 0.717) is 43.4 Å². The molecule has 0 radical (unpaired) electrons. The van der Waals surface area contributed by atoms with Gasteiger partial charge in [-0.05, 0) is 13.8 Å². The maximum Gasteiger partial charge on any atom is 0.330 e. The normalized spacial score (nSPS) is 11.2. The molecule has 0 saturated carbocycles. The van der Waals surface area contributed by atoms with Gasteiger partial charge in [0.2, 0.25) is 5.95 Å². The molecule has 0 atom stereocenters. The fourth-order valence-corrected chi connectivity index (χ4v) is 2.16. The van der Waals surface area contributed by atoms with Crippen molar-refractivity contribution in [2.24, 2.45) is 0 Å². The number of rotatable bonds is 6. The van der Waals surface area contributed by atoms with Crippen molar-refractivity contribution in [2.45, 2.75) is 26.9 Å². The van der Waals surface area contributed by atoms with Crippen molar-refractivity contribution < 1.29 is 4.74 Å². The highest BCUT2D eigenvalue weighted by Gasteiger charge is 2.17. The van der Waals surface area contributed by atoms with E-state index in [0.717, 1.165) is 0 Å². The van der Waals surface area contributed by atoms with Crippen molar-refractivity contribution in [1.82, 2.24) is 19.1 Å². The number of H-pyrrole nitrogens is 1. The Kier molecular flexibility index (Phi) is 4.23. The first-order valence-corrected chi connectivity index (χ1v) is 6.60. The van der Waals surface area contributed by atoms with Gasteiger partial charge in [-0.1, -0.05) is 0 Å². The van der Waals surface area contributed by atoms with Gasteiger partial charge >= 0.3 is 5.69 Å². The summed E-state index contributed by atoms with van der Waals surface area (Å²) >= 11 is 0. The lowest BCUT2D eigenvalue weighted by Crippen LogP contribution is -2.32. The standard InChI is InChI=1S/C12H19N5O3/c1-4-13-11-14-9-8(16(11)5-2)10(18)15-12(19)17(9)6-7-20-3/h4-7H2,1-3H3,(H,13,14)(H,15,18,19). The number of imidazole rings is 1. The molecule has 2 heterocycles. The fourth-order valence-electron chi connectivity index (χ4n) is 2.16. The molecule has 0 aliphatic carbocycles. The second-order valence-electron chi connectivity index (χ2n) is 4.29. The summed E-state index contributed by atoms with van der Waals surface area (Å²) in [6.45, 7) is 5.85. The van der Waals surface area contributed by atoms with Crippen LogP contribution in [0.2, 0.25) is 0 Å². The van der Waals surface area contributed by atoms with E-state index in [1.165, 1.54) is 4.57 Å². The van der Waals surface area contributed by atoms with Crippen molar-refractivity contribution in [2.75, 3.05) is 25.6 Å². The molecule has 0 spiro atoms. The summed E-state index contributed by atoms with van der Waals surface area (Å²) in [5, 5.41) is 3.10. The van der Waals surface area contributed by atoms with E-state index in [9.17, 15) is 9.59 Å². The van der Waals surface area contributed by atoms with Crippen LogP contribution in [0.15, 0.2) is 9.59 Å². The third-order valence-corrected chi connectivity index (χ3v) is 3.06. The molecular formula is C12H19N5O3. The number of aryl methyl sites for hydroxylation is 1. The zero-order chi connectivity index (χ0) is 14.7. The van der Waals surface area contributed by atoms with Crippen molar-refractivity contribution >= 4 is 17.1 Å². The summed E-state index contributed by atoms with van der Waals surface area (Å²) in [6.07, 6.45) is 0. The van der Waals surface area contributed by atoms with Crippen molar-refractivity contribution in [3.05, 3.63) is 20.8 Å². The minimum Gasteiger partial charge on any atom is -0.383 e. The van der Waals surface area contributed by atoms with Gasteiger partial charge in [0.05, 0.1) is 13.2 Å². The monoisotopic (exact) mass is 281 g/mol. The molecule has 0 fully saturated rings. The third-order valence-electron chi connectivity index (χ3n) is 3.06. The lowest BCUT2D eigenvalue weighted by atomic mass is 10.5. The largest absolute Gasteiger partial charge is 0.383 e. The molecule has 0 saturated heterocycles. The number of anilines is 1. The first-order valence-electron chi connectivity index (χ1n) is 6.60. The Morgan fingerprint density at radius 3 is 2.65 bits per heavy atom. The van der Waals surface area contributed by atoms with Gasteiger partial charge in [0.25, 0.3) is 5.56 Å². The molecule has 0 aliphatic heterocycles. The number of ether oxygens (including phenoxy) is 1. The maximum absolute atomic E-state index is 12.0. The molecule has 2 rings (SSSR count). The number of hydrogen-bond donors (Lipinski definition) is 2. The molecular weight excluding hydrogens is 262 g/mol. The number of aromatic amines is 1. The lowest BCUT2D eigenvalue weighted by molar-refractivity contribution is 0.187. The Bertz CT molecular complexity index is 712. The summed E-state index contributed by atoms with van der Waals surface area (Å²) in [5.41, 5.74) is -0.103. The van der Waals surface area contributed by atoms with Crippen LogP contribution < -0.4 is 16.6 Å². The first-order chi connectivity index (χ1) is 9.63. The zero-order valence-corrected chi connectivity index (χ0v) is 11.9. The predicted molar refractivity (Wildman–Crippen MR) is 76.3 cm³/mol. The van der Waals surface area contributed by atoms with Gasteiger partial charge in [-0.3, -0.25) is 14.3 Å². The summed E-state index contributed by atoms with van der Waals surface area (Å²) in [4.78, 5) is 30.7. The van der Waals surface area contributed by atoms with Crippen LogP contribution in [0, 0.1) is 0 Å². The molecule has 8 heteroatoms. The minimum absolute atomic E-state index is 0.342. The van der Waals surface area contributed by atoms with Crippen LogP contribution in [0.1, 0.15) is 13.8 Å². The average Bonchev–Trinajstić information content (AvgIpc) is 2.77. The molecule has 2 aromatic rings. The number of aromatic nitrogens is 4. The highest BCUT2D eigenvalue weighted by atomic mass is 16.5. The van der Waals surface area contributed by atoms with Crippen molar-refractivity contribution in [3.8, 4) is 0 Å². The summed E-state index contributed by atoms with van der Waals surface area (Å²) in [7, 11) is 1.56. The van der Waals surface area contributed by atoms with Gasteiger partial charge in [-0.25, -0.2) is 4.79 Å². The second-order valence-corrected chi connectivity index (χ2v) is 4.29. The number of nitrogens with one attached hydrogen (secondary N) is 2. The van der Waals surface area contributed by atoms with Crippen LogP contribution in [-0.2, 0) is 17.8 Å². The molecule has 2 N–H and O–H groups in total. The van der Waals surface area contributed by atoms with Gasteiger partial charge in [0, 0.05) is 20.2 Å². The molecule has 0 aromatic carbocycles. The van der Waals surface area contributed by atoms with Crippen molar-refractivity contribution in [3.63, 3.8) is 0 Å². The number of methoxy groups -OCH3 is 1. The van der Waals surface area contributed by atoms with Gasteiger partial charge in [-0.2, -0.15) is 4.98 Å². The number of nitrogens with zero attached hydrogens (tertiary/aromatic N) is 3. The van der Waals surface area contributed by atoms with E-state index in [-0.39, 0.29) is 0 Å². The first kappa shape index (κ1) is 14.3. The maximum atomic E-state index is 12.0. The molecule has 110 valence electrons. The quantitative estimate of drug-likeness (QED) is 0.776. The van der Waals surface area contributed by atoms with Crippen LogP contribution in [0.5, 0.6) is 0 Å². The van der Waals surface area contributed by atoms with E-state index in [2.05, 4.69) is 15.3 Å². The van der Waals surface area contributed by atoms with E-state index < -0.39 is 11.2 Å². The summed E-state index contributed by atoms with van der Waals surface area (Å²) < 4.78 is 8.18. The summed E-state index contributed by atoms with van der Waals surface area (Å²) in [5.74, 6) is 0.590. The second kappa shape index (κ2) is 5.91. The molecule has 0 unspecified atom stereocenters. The number of hydrogen-bond acceptors (Lipinski definition) is 5. The van der Waals surface area contributed by atoms with Gasteiger partial charge in [0.1, 0.15) is 0 Å². The molecule has 0 aliphatic rings. The van der Waals surface area contributed by atoms with Crippen LogP contribution in [0.3, 0.4) is 0 Å². The van der Waals surface area contributed by atoms with E-state index >= 15 is 0 Å². The minimum atomic E-state index is -0.469. The molecule has 20 heavy (non-hydrogen) atoms. The van der Waals surface area contributed by atoms with Crippen LogP contribution >= 0.6 is 0 Å². The number of fused-ring (bicyclic) bond motifs is 1. The molecule has 0 bridgehead atoms. The van der Waals surface area contributed by atoms with E-state index in [1.54, 1.807) is 11.7 Å². The Morgan fingerprint density at radius 2 is 2.05 bits per heavy atom. The Morgan fingerprint density at radius 1 is 1.30 bits per heavy atom. The SMILES string of the molecule is CCNc1nc2c(c(=O)[nH]c(=O)n2CCOC)n1CC. The smallest absolute Gasteiger partial charge is 0.330 e. The highest BCUT2D eigenvalue weighted by molar-refractivity contribution is 5.74. The van der Waals surface area contributed by atoms with Crippen molar-refractivity contribution in [1.29, 1.82) is 0 Å². The fraction of sp³-hybridized carbons (Fsp3) is 0.583. The van der Waals surface area contributed by atoms with Gasteiger partial charge in [0.15, 0.2) is 11.2 Å². The lowest BCUT2D eigenvalue weighted by Gasteiger charge is -2.06. The topological polar surface area (TPSA) is 93.9 Å². The predicted octanol–water partition coefficient (Wildman–Crippen LogP) is -0.0156. The van der Waals surface area contributed by atoms with E-state index in [4.69, 9.17) is 4.74 Å². The highest BCUT2D eigenvalue weighted by Crippen LogP contribution is 2.15. The molecule has 8 nitrogen and oxygen atoms in total. The van der Waals surface area contributed by atoms with Crippen LogP contribution in [0.4, 0.5) is 5.95 Å². The van der Waals surface area contributed by atoms with Crippen LogP contribution in [-0.4, -0.2) is 39.4 Å². The van der Waals surface area contributed by atoms with Gasteiger partial charge in [-0.15, -0.1) is 0 Å². The Labute approximate surface area is 115 Å². The van der Waals surface area contributed by atoms with E-state index in [1.807, 2.05) is 13.8 Å². The zero-order valence-electron chi connectivity index (χ0n) is 11.9. The van der Waals surface area contributed by atoms with Gasteiger partial charge < -0.3 is 14.6 Å². The molecule has 0 amide bonds. The summed E-state index contributed by atoms with van der Waals surface area (Å²) in [6, 6.07) is 0. The Hall–Kier alpha value is -2.09. The Balaban J connectivity index is 2.74.